The van der Waals surface area contributed by atoms with Crippen LogP contribution in [-0.4, -0.2) is 47.8 Å². The van der Waals surface area contributed by atoms with Crippen molar-refractivity contribution < 1.29 is 14.0 Å². The summed E-state index contributed by atoms with van der Waals surface area (Å²) in [7, 11) is 1.78. The van der Waals surface area contributed by atoms with Gasteiger partial charge >= 0.3 is 0 Å². The molecule has 1 fully saturated rings. The second-order valence-electron chi connectivity index (χ2n) is 7.01. The van der Waals surface area contributed by atoms with Crippen molar-refractivity contribution in [1.29, 1.82) is 0 Å². The van der Waals surface area contributed by atoms with Gasteiger partial charge in [0.15, 0.2) is 0 Å². The van der Waals surface area contributed by atoms with E-state index in [2.05, 4.69) is 13.8 Å². The number of rotatable bonds is 7. The zero-order valence-electron chi connectivity index (χ0n) is 14.8. The maximum atomic E-state index is 13.0. The third-order valence-corrected chi connectivity index (χ3v) is 4.56. The quantitative estimate of drug-likeness (QED) is 0.769. The van der Waals surface area contributed by atoms with Crippen LogP contribution in [0.3, 0.4) is 0 Å². The first-order valence-corrected chi connectivity index (χ1v) is 8.64. The second kappa shape index (κ2) is 8.27. The summed E-state index contributed by atoms with van der Waals surface area (Å²) < 4.78 is 13.0. The highest BCUT2D eigenvalue weighted by atomic mass is 19.1. The van der Waals surface area contributed by atoms with E-state index in [9.17, 15) is 14.0 Å². The van der Waals surface area contributed by atoms with E-state index >= 15 is 0 Å². The van der Waals surface area contributed by atoms with Gasteiger partial charge in [0.1, 0.15) is 5.82 Å². The molecule has 0 bridgehead atoms. The van der Waals surface area contributed by atoms with Crippen molar-refractivity contribution in [3.63, 3.8) is 0 Å². The molecule has 1 aliphatic rings. The second-order valence-corrected chi connectivity index (χ2v) is 7.01. The van der Waals surface area contributed by atoms with Gasteiger partial charge in [-0.15, -0.1) is 0 Å². The molecule has 1 aliphatic heterocycles. The van der Waals surface area contributed by atoms with Crippen LogP contribution in [0.1, 0.15) is 38.7 Å². The summed E-state index contributed by atoms with van der Waals surface area (Å²) in [4.78, 5) is 27.9. The molecule has 4 nitrogen and oxygen atoms in total. The van der Waals surface area contributed by atoms with Gasteiger partial charge in [0.25, 0.3) is 0 Å². The first kappa shape index (κ1) is 18.4. The van der Waals surface area contributed by atoms with Gasteiger partial charge in [0, 0.05) is 39.0 Å². The SMILES string of the molecule is CC(C)CN(CCc1ccc(F)cc1)C(=O)CC1CCC(=O)N1C. The van der Waals surface area contributed by atoms with Gasteiger partial charge in [-0.25, -0.2) is 4.39 Å². The Morgan fingerprint density at radius 3 is 2.54 bits per heavy atom. The summed E-state index contributed by atoms with van der Waals surface area (Å²) in [6, 6.07) is 6.44. The van der Waals surface area contributed by atoms with Crippen LogP contribution < -0.4 is 0 Å². The Balaban J connectivity index is 1.95. The first-order chi connectivity index (χ1) is 11.4. The molecule has 0 aliphatic carbocycles. The average molecular weight is 334 g/mol. The minimum atomic E-state index is -0.247. The number of halogens is 1. The van der Waals surface area contributed by atoms with E-state index in [1.54, 1.807) is 24.1 Å². The van der Waals surface area contributed by atoms with Crippen molar-refractivity contribution in [3.8, 4) is 0 Å². The first-order valence-electron chi connectivity index (χ1n) is 8.64. The molecular weight excluding hydrogens is 307 g/mol. The normalized spacial score (nSPS) is 17.6. The van der Waals surface area contributed by atoms with Crippen molar-refractivity contribution >= 4 is 11.8 Å². The molecule has 1 aromatic rings. The third kappa shape index (κ3) is 5.05. The van der Waals surface area contributed by atoms with Crippen molar-refractivity contribution in [1.82, 2.24) is 9.80 Å². The van der Waals surface area contributed by atoms with Crippen molar-refractivity contribution in [2.45, 2.75) is 45.6 Å². The number of amides is 2. The lowest BCUT2D eigenvalue weighted by Gasteiger charge is -2.27. The fourth-order valence-electron chi connectivity index (χ4n) is 3.11. The summed E-state index contributed by atoms with van der Waals surface area (Å²) in [6.45, 7) is 5.49. The highest BCUT2D eigenvalue weighted by molar-refractivity contribution is 5.82. The number of carbonyl (C=O) groups is 2. The molecule has 0 saturated carbocycles. The number of likely N-dealkylation sites (tertiary alicyclic amines) is 1. The van der Waals surface area contributed by atoms with E-state index < -0.39 is 0 Å². The Morgan fingerprint density at radius 2 is 2.00 bits per heavy atom. The van der Waals surface area contributed by atoms with Gasteiger partial charge in [0.2, 0.25) is 11.8 Å². The Labute approximate surface area is 143 Å². The standard InChI is InChI=1S/C19H27FN2O2/c1-14(2)13-22(11-10-15-4-6-16(20)7-5-15)19(24)12-17-8-9-18(23)21(17)3/h4-7,14,17H,8-13H2,1-3H3. The van der Waals surface area contributed by atoms with E-state index in [0.29, 0.717) is 38.3 Å². The summed E-state index contributed by atoms with van der Waals surface area (Å²) >= 11 is 0. The number of benzene rings is 1. The number of hydrogen-bond donors (Lipinski definition) is 0. The molecule has 2 amide bonds. The van der Waals surface area contributed by atoms with Crippen LogP contribution in [0.2, 0.25) is 0 Å². The summed E-state index contributed by atoms with van der Waals surface area (Å²) in [5, 5.41) is 0. The zero-order valence-corrected chi connectivity index (χ0v) is 14.8. The molecule has 24 heavy (non-hydrogen) atoms. The molecule has 1 atom stereocenters. The van der Waals surface area contributed by atoms with E-state index in [1.807, 2.05) is 4.90 Å². The maximum Gasteiger partial charge on any atom is 0.224 e. The molecule has 0 aromatic heterocycles. The minimum absolute atomic E-state index is 0.0190. The zero-order chi connectivity index (χ0) is 17.7. The Hall–Kier alpha value is -1.91. The monoisotopic (exact) mass is 334 g/mol. The largest absolute Gasteiger partial charge is 0.342 e. The lowest BCUT2D eigenvalue weighted by atomic mass is 10.1. The topological polar surface area (TPSA) is 40.6 Å². The van der Waals surface area contributed by atoms with Gasteiger partial charge in [-0.05, 0) is 36.5 Å². The van der Waals surface area contributed by atoms with Crippen LogP contribution in [0.15, 0.2) is 24.3 Å². The van der Waals surface area contributed by atoms with Crippen LogP contribution in [-0.2, 0) is 16.0 Å². The van der Waals surface area contributed by atoms with Crippen LogP contribution in [0.4, 0.5) is 4.39 Å². The van der Waals surface area contributed by atoms with Gasteiger partial charge in [-0.2, -0.15) is 0 Å². The molecule has 1 unspecified atom stereocenters. The number of hydrogen-bond acceptors (Lipinski definition) is 2. The summed E-state index contributed by atoms with van der Waals surface area (Å²) in [5.41, 5.74) is 1.02. The van der Waals surface area contributed by atoms with E-state index in [1.165, 1.54) is 12.1 Å². The fraction of sp³-hybridized carbons (Fsp3) is 0.579. The molecular formula is C19H27FN2O2. The molecule has 1 aromatic carbocycles. The smallest absolute Gasteiger partial charge is 0.224 e. The third-order valence-electron chi connectivity index (χ3n) is 4.56. The van der Waals surface area contributed by atoms with Crippen molar-refractivity contribution in [2.75, 3.05) is 20.1 Å². The van der Waals surface area contributed by atoms with E-state index in [0.717, 1.165) is 12.0 Å². The average Bonchev–Trinajstić information content (AvgIpc) is 2.84. The molecule has 1 heterocycles. The summed E-state index contributed by atoms with van der Waals surface area (Å²) in [6.07, 6.45) is 2.39. The molecule has 0 spiro atoms. The Bertz CT molecular complexity index is 571. The van der Waals surface area contributed by atoms with Gasteiger partial charge in [0.05, 0.1) is 0 Å². The van der Waals surface area contributed by atoms with Gasteiger partial charge < -0.3 is 9.80 Å². The van der Waals surface area contributed by atoms with Crippen LogP contribution in [0.25, 0.3) is 0 Å². The predicted octanol–water partition coefficient (Wildman–Crippen LogP) is 2.86. The van der Waals surface area contributed by atoms with Crippen LogP contribution >= 0.6 is 0 Å². The number of carbonyl (C=O) groups excluding carboxylic acids is 2. The Morgan fingerprint density at radius 1 is 1.33 bits per heavy atom. The number of nitrogens with zero attached hydrogens (tertiary/aromatic N) is 2. The van der Waals surface area contributed by atoms with E-state index in [-0.39, 0.29) is 23.7 Å². The molecule has 0 N–H and O–H groups in total. The molecule has 5 heteroatoms. The van der Waals surface area contributed by atoms with Crippen LogP contribution in [0, 0.1) is 11.7 Å². The predicted molar refractivity (Wildman–Crippen MR) is 91.9 cm³/mol. The lowest BCUT2D eigenvalue weighted by molar-refractivity contribution is -0.133. The maximum absolute atomic E-state index is 13.0. The van der Waals surface area contributed by atoms with E-state index in [4.69, 9.17) is 0 Å². The van der Waals surface area contributed by atoms with Gasteiger partial charge in [-0.1, -0.05) is 26.0 Å². The summed E-state index contributed by atoms with van der Waals surface area (Å²) in [5.74, 6) is 0.347. The lowest BCUT2D eigenvalue weighted by Crippen LogP contribution is -2.40. The molecule has 0 radical (unpaired) electrons. The molecule has 132 valence electrons. The fourth-order valence-corrected chi connectivity index (χ4v) is 3.11. The van der Waals surface area contributed by atoms with Crippen LogP contribution in [0.5, 0.6) is 0 Å². The highest BCUT2D eigenvalue weighted by Crippen LogP contribution is 2.20. The van der Waals surface area contributed by atoms with Gasteiger partial charge in [-0.3, -0.25) is 9.59 Å². The minimum Gasteiger partial charge on any atom is -0.342 e. The van der Waals surface area contributed by atoms with Crippen molar-refractivity contribution in [3.05, 3.63) is 35.6 Å². The Kier molecular flexibility index (Phi) is 6.35. The molecule has 2 rings (SSSR count). The molecule has 1 saturated heterocycles. The highest BCUT2D eigenvalue weighted by Gasteiger charge is 2.30. The van der Waals surface area contributed by atoms with Crippen molar-refractivity contribution in [2.24, 2.45) is 5.92 Å².